The molecule has 1 aromatic carbocycles. The first-order valence-corrected chi connectivity index (χ1v) is 9.04. The van der Waals surface area contributed by atoms with Crippen LogP contribution >= 0.6 is 0 Å². The number of nitrogens with one attached hydrogen (secondary N) is 2. The molecule has 1 fully saturated rings. The minimum Gasteiger partial charge on any atom is -0.350 e. The lowest BCUT2D eigenvalue weighted by Gasteiger charge is -2.15. The molecule has 1 atom stereocenters. The SMILES string of the molecule is CCN1CC(NC(=O)CNS(=O)(=O)c2ccc(F)cc2C)CC1=O. The Morgan fingerprint density at radius 3 is 2.71 bits per heavy atom. The molecule has 0 saturated carbocycles. The molecule has 1 saturated heterocycles. The predicted octanol–water partition coefficient (Wildman–Crippen LogP) is 0.149. The minimum atomic E-state index is -3.92. The number of likely N-dealkylation sites (tertiary alicyclic amines) is 1. The number of benzene rings is 1. The average Bonchev–Trinajstić information content (AvgIpc) is 2.84. The van der Waals surface area contributed by atoms with Crippen LogP contribution in [0, 0.1) is 12.7 Å². The maximum atomic E-state index is 13.1. The van der Waals surface area contributed by atoms with Crippen molar-refractivity contribution in [1.82, 2.24) is 14.9 Å². The standard InChI is InChI=1S/C15H20FN3O4S/c1-3-19-9-12(7-15(19)21)18-14(20)8-17-24(22,23)13-5-4-11(16)6-10(13)2/h4-6,12,17H,3,7-9H2,1-2H3,(H,18,20). The summed E-state index contributed by atoms with van der Waals surface area (Å²) in [5, 5.41) is 2.63. The van der Waals surface area contributed by atoms with Crippen LogP contribution in [-0.4, -0.2) is 50.8 Å². The Kier molecular flexibility index (Phi) is 5.55. The van der Waals surface area contributed by atoms with Crippen molar-refractivity contribution in [3.8, 4) is 0 Å². The molecule has 1 unspecified atom stereocenters. The molecule has 7 nitrogen and oxygen atoms in total. The first-order chi connectivity index (χ1) is 11.2. The Morgan fingerprint density at radius 1 is 1.42 bits per heavy atom. The zero-order valence-electron chi connectivity index (χ0n) is 13.5. The highest BCUT2D eigenvalue weighted by Crippen LogP contribution is 2.15. The van der Waals surface area contributed by atoms with Gasteiger partial charge < -0.3 is 10.2 Å². The highest BCUT2D eigenvalue weighted by atomic mass is 32.2. The molecule has 2 amide bonds. The summed E-state index contributed by atoms with van der Waals surface area (Å²) in [5.74, 6) is -1.09. The summed E-state index contributed by atoms with van der Waals surface area (Å²) >= 11 is 0. The van der Waals surface area contributed by atoms with Gasteiger partial charge in [-0.05, 0) is 37.6 Å². The maximum absolute atomic E-state index is 13.1. The van der Waals surface area contributed by atoms with E-state index in [0.717, 1.165) is 18.2 Å². The largest absolute Gasteiger partial charge is 0.350 e. The fraction of sp³-hybridized carbons (Fsp3) is 0.467. The zero-order valence-corrected chi connectivity index (χ0v) is 14.3. The molecule has 0 spiro atoms. The second kappa shape index (κ2) is 7.27. The highest BCUT2D eigenvalue weighted by molar-refractivity contribution is 7.89. The molecule has 0 aromatic heterocycles. The molecular formula is C15H20FN3O4S. The Morgan fingerprint density at radius 2 is 2.12 bits per heavy atom. The van der Waals surface area contributed by atoms with Gasteiger partial charge in [-0.3, -0.25) is 9.59 Å². The lowest BCUT2D eigenvalue weighted by atomic mass is 10.2. The third-order valence-corrected chi connectivity index (χ3v) is 5.37. The molecule has 132 valence electrons. The molecule has 1 heterocycles. The topological polar surface area (TPSA) is 95.6 Å². The smallest absolute Gasteiger partial charge is 0.241 e. The van der Waals surface area contributed by atoms with Crippen molar-refractivity contribution >= 4 is 21.8 Å². The quantitative estimate of drug-likeness (QED) is 0.758. The van der Waals surface area contributed by atoms with Gasteiger partial charge in [0, 0.05) is 19.5 Å². The molecule has 1 aromatic rings. The number of halogens is 1. The van der Waals surface area contributed by atoms with E-state index in [1.54, 1.807) is 4.90 Å². The third-order valence-electron chi connectivity index (χ3n) is 3.81. The number of nitrogens with zero attached hydrogens (tertiary/aromatic N) is 1. The third kappa shape index (κ3) is 4.30. The van der Waals surface area contributed by atoms with E-state index in [9.17, 15) is 22.4 Å². The normalized spacial score (nSPS) is 18.0. The summed E-state index contributed by atoms with van der Waals surface area (Å²) in [6, 6.07) is 2.99. The summed E-state index contributed by atoms with van der Waals surface area (Å²) in [6.07, 6.45) is 0.212. The molecule has 2 N–H and O–H groups in total. The number of carbonyl (C=O) groups is 2. The van der Waals surface area contributed by atoms with Crippen molar-refractivity contribution in [3.63, 3.8) is 0 Å². The Hall–Kier alpha value is -2.00. The molecule has 2 rings (SSSR count). The van der Waals surface area contributed by atoms with Crippen LogP contribution in [0.5, 0.6) is 0 Å². The maximum Gasteiger partial charge on any atom is 0.241 e. The molecule has 0 aliphatic carbocycles. The van der Waals surface area contributed by atoms with Crippen LogP contribution in [0.1, 0.15) is 18.9 Å². The monoisotopic (exact) mass is 357 g/mol. The summed E-state index contributed by atoms with van der Waals surface area (Å²) in [5.41, 5.74) is 0.253. The molecule has 1 aliphatic rings. The van der Waals surface area contributed by atoms with Crippen molar-refractivity contribution < 1.29 is 22.4 Å². The lowest BCUT2D eigenvalue weighted by Crippen LogP contribution is -2.43. The number of carbonyl (C=O) groups excluding carboxylic acids is 2. The van der Waals surface area contributed by atoms with E-state index in [2.05, 4.69) is 10.0 Å². The van der Waals surface area contributed by atoms with E-state index >= 15 is 0 Å². The van der Waals surface area contributed by atoms with Crippen molar-refractivity contribution in [1.29, 1.82) is 0 Å². The summed E-state index contributed by atoms with van der Waals surface area (Å²) in [7, 11) is -3.92. The van der Waals surface area contributed by atoms with Crippen LogP contribution in [-0.2, 0) is 19.6 Å². The summed E-state index contributed by atoms with van der Waals surface area (Å²) in [6.45, 7) is 3.87. The van der Waals surface area contributed by atoms with Gasteiger partial charge in [-0.2, -0.15) is 0 Å². The minimum absolute atomic E-state index is 0.0367. The van der Waals surface area contributed by atoms with Crippen LogP contribution in [0.2, 0.25) is 0 Å². The van der Waals surface area contributed by atoms with E-state index in [-0.39, 0.29) is 28.8 Å². The van der Waals surface area contributed by atoms with Gasteiger partial charge in [-0.25, -0.2) is 17.5 Å². The van der Waals surface area contributed by atoms with E-state index in [4.69, 9.17) is 0 Å². The predicted molar refractivity (Wildman–Crippen MR) is 85.1 cm³/mol. The summed E-state index contributed by atoms with van der Waals surface area (Å²) < 4.78 is 39.6. The highest BCUT2D eigenvalue weighted by Gasteiger charge is 2.29. The lowest BCUT2D eigenvalue weighted by molar-refractivity contribution is -0.127. The number of likely N-dealkylation sites (N-methyl/N-ethyl adjacent to an activating group) is 1. The zero-order chi connectivity index (χ0) is 17.9. The Bertz CT molecular complexity index is 751. The van der Waals surface area contributed by atoms with Gasteiger partial charge in [0.1, 0.15) is 5.82 Å². The Balaban J connectivity index is 1.92. The van der Waals surface area contributed by atoms with Gasteiger partial charge in [0.15, 0.2) is 0 Å². The second-order valence-corrected chi connectivity index (χ2v) is 7.37. The molecule has 0 radical (unpaired) electrons. The van der Waals surface area contributed by atoms with Gasteiger partial charge in [0.2, 0.25) is 21.8 Å². The molecule has 0 bridgehead atoms. The number of amides is 2. The van der Waals surface area contributed by atoms with Crippen LogP contribution in [0.25, 0.3) is 0 Å². The van der Waals surface area contributed by atoms with E-state index < -0.39 is 28.3 Å². The first kappa shape index (κ1) is 18.3. The molecule has 9 heteroatoms. The molecule has 1 aliphatic heterocycles. The van der Waals surface area contributed by atoms with Crippen molar-refractivity contribution in [2.45, 2.75) is 31.2 Å². The van der Waals surface area contributed by atoms with E-state index in [1.165, 1.54) is 6.92 Å². The van der Waals surface area contributed by atoms with Crippen LogP contribution in [0.4, 0.5) is 4.39 Å². The van der Waals surface area contributed by atoms with E-state index in [1.807, 2.05) is 6.92 Å². The molecule has 24 heavy (non-hydrogen) atoms. The van der Waals surface area contributed by atoms with Gasteiger partial charge >= 0.3 is 0 Å². The second-order valence-electron chi connectivity index (χ2n) is 5.64. The van der Waals surface area contributed by atoms with Gasteiger partial charge in [0.05, 0.1) is 17.5 Å². The summed E-state index contributed by atoms with van der Waals surface area (Å²) in [4.78, 5) is 25.0. The van der Waals surface area contributed by atoms with Crippen LogP contribution < -0.4 is 10.0 Å². The number of rotatable bonds is 6. The first-order valence-electron chi connectivity index (χ1n) is 7.56. The van der Waals surface area contributed by atoms with E-state index in [0.29, 0.717) is 13.1 Å². The average molecular weight is 357 g/mol. The van der Waals surface area contributed by atoms with Gasteiger partial charge in [-0.1, -0.05) is 0 Å². The fourth-order valence-electron chi connectivity index (χ4n) is 2.61. The van der Waals surface area contributed by atoms with Crippen LogP contribution in [0.15, 0.2) is 23.1 Å². The van der Waals surface area contributed by atoms with Gasteiger partial charge in [0.25, 0.3) is 0 Å². The molecular weight excluding hydrogens is 337 g/mol. The Labute approximate surface area is 140 Å². The number of aryl methyl sites for hydroxylation is 1. The van der Waals surface area contributed by atoms with Crippen molar-refractivity contribution in [2.75, 3.05) is 19.6 Å². The number of hydrogen-bond acceptors (Lipinski definition) is 4. The number of hydrogen-bond donors (Lipinski definition) is 2. The van der Waals surface area contributed by atoms with Crippen molar-refractivity contribution in [3.05, 3.63) is 29.6 Å². The van der Waals surface area contributed by atoms with Gasteiger partial charge in [-0.15, -0.1) is 0 Å². The number of sulfonamides is 1. The fourth-order valence-corrected chi connectivity index (χ4v) is 3.81. The van der Waals surface area contributed by atoms with Crippen molar-refractivity contribution in [2.24, 2.45) is 0 Å². The van der Waals surface area contributed by atoms with Crippen LogP contribution in [0.3, 0.4) is 0 Å².